The summed E-state index contributed by atoms with van der Waals surface area (Å²) >= 11 is 0. The molecule has 0 amide bonds. The first-order valence-corrected chi connectivity index (χ1v) is 8.23. The Morgan fingerprint density at radius 2 is 1.72 bits per heavy atom. The highest BCUT2D eigenvalue weighted by atomic mass is 16.5. The van der Waals surface area contributed by atoms with Crippen LogP contribution in [0.1, 0.15) is 5.56 Å². The molecule has 0 unspecified atom stereocenters. The normalized spacial score (nSPS) is 14.7. The Kier molecular flexibility index (Phi) is 5.51. The van der Waals surface area contributed by atoms with Crippen molar-refractivity contribution in [1.82, 2.24) is 5.01 Å². The minimum Gasteiger partial charge on any atom is -0.546 e. The van der Waals surface area contributed by atoms with Gasteiger partial charge in [0.1, 0.15) is 12.4 Å². The van der Waals surface area contributed by atoms with Gasteiger partial charge in [-0.25, -0.2) is 0 Å². The van der Waals surface area contributed by atoms with Crippen molar-refractivity contribution in [2.75, 3.05) is 37.7 Å². The average Bonchev–Trinajstić information content (AvgIpc) is 2.66. The van der Waals surface area contributed by atoms with Crippen LogP contribution in [-0.2, 0) is 4.79 Å². The van der Waals surface area contributed by atoms with E-state index < -0.39 is 12.6 Å². The second-order valence-electron chi connectivity index (χ2n) is 5.72. The molecule has 0 atom stereocenters. The van der Waals surface area contributed by atoms with Gasteiger partial charge in [-0.1, -0.05) is 30.3 Å². The lowest BCUT2D eigenvalue weighted by atomic mass is 10.2. The summed E-state index contributed by atoms with van der Waals surface area (Å²) in [7, 11) is 0. The smallest absolute Gasteiger partial charge is 0.128 e. The maximum absolute atomic E-state index is 10.6. The van der Waals surface area contributed by atoms with Crippen LogP contribution in [0.2, 0.25) is 0 Å². The summed E-state index contributed by atoms with van der Waals surface area (Å²) in [5, 5.41) is 17.1. The van der Waals surface area contributed by atoms with E-state index in [-0.39, 0.29) is 0 Å². The molecule has 1 aliphatic rings. The number of nitrogens with zero attached hydrogens (tertiary/aromatic N) is 3. The third kappa shape index (κ3) is 4.73. The van der Waals surface area contributed by atoms with E-state index in [1.165, 1.54) is 5.69 Å². The van der Waals surface area contributed by atoms with E-state index in [4.69, 9.17) is 4.74 Å². The van der Waals surface area contributed by atoms with Gasteiger partial charge in [0.05, 0.1) is 25.3 Å². The van der Waals surface area contributed by atoms with Crippen LogP contribution < -0.4 is 14.7 Å². The molecule has 0 saturated carbocycles. The first-order chi connectivity index (χ1) is 12.2. The number of aliphatic carboxylic acids is 1. The molecule has 1 aliphatic heterocycles. The Morgan fingerprint density at radius 1 is 1.04 bits per heavy atom. The predicted octanol–water partition coefficient (Wildman–Crippen LogP) is 0.971. The Bertz CT molecular complexity index is 726. The molecule has 0 N–H and O–H groups in total. The van der Waals surface area contributed by atoms with E-state index in [1.54, 1.807) is 18.3 Å². The Labute approximate surface area is 146 Å². The lowest BCUT2D eigenvalue weighted by Crippen LogP contribution is -2.44. The van der Waals surface area contributed by atoms with Gasteiger partial charge >= 0.3 is 0 Å². The molecular weight excluding hydrogens is 318 g/mol. The number of carbonyl (C=O) groups is 1. The van der Waals surface area contributed by atoms with Gasteiger partial charge in [0.25, 0.3) is 0 Å². The molecule has 6 nitrogen and oxygen atoms in total. The van der Waals surface area contributed by atoms with Gasteiger partial charge in [0.15, 0.2) is 0 Å². The highest BCUT2D eigenvalue weighted by Gasteiger charge is 2.15. The number of benzene rings is 2. The van der Waals surface area contributed by atoms with Crippen molar-refractivity contribution >= 4 is 17.9 Å². The number of ether oxygens (including phenoxy) is 1. The molecule has 1 saturated heterocycles. The summed E-state index contributed by atoms with van der Waals surface area (Å²) in [5.74, 6) is -0.762. The van der Waals surface area contributed by atoms with Crippen LogP contribution in [0.3, 0.4) is 0 Å². The van der Waals surface area contributed by atoms with E-state index in [1.807, 2.05) is 35.3 Å². The molecule has 130 valence electrons. The van der Waals surface area contributed by atoms with Crippen LogP contribution in [0.4, 0.5) is 5.69 Å². The number of hydrogen-bond donors (Lipinski definition) is 0. The van der Waals surface area contributed by atoms with Gasteiger partial charge < -0.3 is 19.5 Å². The number of piperazine rings is 1. The number of carbonyl (C=O) groups excluding carboxylic acids is 1. The van der Waals surface area contributed by atoms with Crippen molar-refractivity contribution in [3.63, 3.8) is 0 Å². The van der Waals surface area contributed by atoms with Crippen molar-refractivity contribution in [2.24, 2.45) is 5.10 Å². The van der Waals surface area contributed by atoms with E-state index in [9.17, 15) is 9.90 Å². The van der Waals surface area contributed by atoms with E-state index in [0.29, 0.717) is 5.75 Å². The number of anilines is 1. The highest BCUT2D eigenvalue weighted by Crippen LogP contribution is 2.17. The highest BCUT2D eigenvalue weighted by molar-refractivity contribution is 5.83. The molecule has 0 aliphatic carbocycles. The Morgan fingerprint density at radius 3 is 2.44 bits per heavy atom. The van der Waals surface area contributed by atoms with E-state index in [0.717, 1.165) is 31.7 Å². The van der Waals surface area contributed by atoms with Gasteiger partial charge in [0, 0.05) is 24.3 Å². The second kappa shape index (κ2) is 8.19. The molecule has 2 aromatic carbocycles. The molecule has 2 aromatic rings. The van der Waals surface area contributed by atoms with Crippen molar-refractivity contribution in [3.05, 3.63) is 60.2 Å². The minimum atomic E-state index is -1.25. The molecule has 0 spiro atoms. The largest absolute Gasteiger partial charge is 0.546 e. The fourth-order valence-corrected chi connectivity index (χ4v) is 2.71. The lowest BCUT2D eigenvalue weighted by molar-refractivity contribution is -0.307. The van der Waals surface area contributed by atoms with Crippen molar-refractivity contribution in [3.8, 4) is 5.75 Å². The van der Waals surface area contributed by atoms with Crippen molar-refractivity contribution in [1.29, 1.82) is 0 Å². The predicted molar refractivity (Wildman–Crippen MR) is 94.8 cm³/mol. The van der Waals surface area contributed by atoms with Crippen molar-refractivity contribution < 1.29 is 14.6 Å². The first kappa shape index (κ1) is 16.8. The monoisotopic (exact) mass is 338 g/mol. The van der Waals surface area contributed by atoms with Crippen LogP contribution in [0.15, 0.2) is 59.7 Å². The standard InChI is InChI=1S/C19H21N3O3/c23-19(24)15-25-18-9-5-4-6-16(18)14-20-22-12-10-21(11-13-22)17-7-2-1-3-8-17/h1-9,14H,10-13,15H2,(H,23,24)/p-1/b20-14-. The van der Waals surface area contributed by atoms with Crippen molar-refractivity contribution in [2.45, 2.75) is 0 Å². The molecule has 0 bridgehead atoms. The van der Waals surface area contributed by atoms with Gasteiger partial charge in [-0.2, -0.15) is 5.10 Å². The van der Waals surface area contributed by atoms with Crippen LogP contribution >= 0.6 is 0 Å². The quantitative estimate of drug-likeness (QED) is 0.734. The molecule has 1 fully saturated rings. The fraction of sp³-hybridized carbons (Fsp3) is 0.263. The topological polar surface area (TPSA) is 68.2 Å². The number of carboxylic acids is 1. The van der Waals surface area contributed by atoms with Gasteiger partial charge in [-0.3, -0.25) is 5.01 Å². The Hall–Kier alpha value is -3.02. The van der Waals surface area contributed by atoms with Gasteiger partial charge in [-0.15, -0.1) is 0 Å². The molecule has 1 heterocycles. The lowest BCUT2D eigenvalue weighted by Gasteiger charge is -2.34. The number of para-hydroxylation sites is 2. The van der Waals surface area contributed by atoms with Crippen LogP contribution in [0, 0.1) is 0 Å². The zero-order chi connectivity index (χ0) is 17.5. The molecule has 3 rings (SSSR count). The SMILES string of the molecule is O=C([O-])COc1ccccc1/C=N\N1CCN(c2ccccc2)CC1. The van der Waals surface area contributed by atoms with Crippen LogP contribution in [0.25, 0.3) is 0 Å². The summed E-state index contributed by atoms with van der Waals surface area (Å²) in [5.41, 5.74) is 1.97. The van der Waals surface area contributed by atoms with Gasteiger partial charge in [-0.05, 0) is 24.3 Å². The molecule has 0 radical (unpaired) electrons. The molecule has 0 aromatic heterocycles. The van der Waals surface area contributed by atoms with Crippen LogP contribution in [0.5, 0.6) is 5.75 Å². The third-order valence-electron chi connectivity index (χ3n) is 4.00. The summed E-state index contributed by atoms with van der Waals surface area (Å²) < 4.78 is 5.23. The molecular formula is C19H20N3O3-. The fourth-order valence-electron chi connectivity index (χ4n) is 2.71. The number of hydrazone groups is 1. The van der Waals surface area contributed by atoms with Gasteiger partial charge in [0.2, 0.25) is 0 Å². The number of hydrogen-bond acceptors (Lipinski definition) is 6. The zero-order valence-electron chi connectivity index (χ0n) is 13.9. The molecule has 25 heavy (non-hydrogen) atoms. The summed E-state index contributed by atoms with van der Waals surface area (Å²) in [6, 6.07) is 17.6. The van der Waals surface area contributed by atoms with E-state index in [2.05, 4.69) is 22.1 Å². The van der Waals surface area contributed by atoms with Crippen LogP contribution in [-0.4, -0.2) is 50.0 Å². The molecule has 6 heteroatoms. The maximum atomic E-state index is 10.6. The zero-order valence-corrected chi connectivity index (χ0v) is 13.9. The summed E-state index contributed by atoms with van der Waals surface area (Å²) in [4.78, 5) is 12.9. The maximum Gasteiger partial charge on any atom is 0.128 e. The minimum absolute atomic E-state index is 0.472. The third-order valence-corrected chi connectivity index (χ3v) is 4.00. The number of rotatable bonds is 6. The number of carboxylic acid groups (broad SMARTS) is 1. The Balaban J connectivity index is 1.58. The summed E-state index contributed by atoms with van der Waals surface area (Å²) in [6.07, 6.45) is 1.71. The summed E-state index contributed by atoms with van der Waals surface area (Å²) in [6.45, 7) is 3.00. The first-order valence-electron chi connectivity index (χ1n) is 8.23. The van der Waals surface area contributed by atoms with E-state index >= 15 is 0 Å². The average molecular weight is 338 g/mol. The second-order valence-corrected chi connectivity index (χ2v) is 5.72.